The Kier molecular flexibility index (Phi) is 7.06. The summed E-state index contributed by atoms with van der Waals surface area (Å²) in [6, 6.07) is 8.76. The molecule has 0 aromatic heterocycles. The standard InChI is InChI=1S/C37H50O9/c1-20(2)33-18-22(4)37-26-29(33)44-35(45-33,46-37)17-13-8-6-7-10-14-21(3)25-23(5)28(42-31(39)24-15-11-9-12-16-24)36(41,27(25)37)32(40)34(19-38)30(26)43-34/h9,11-12,15-16,21-23,25-30,32,38,40-41H,1,6-8,10,13-14,17-19H2,2-5H3/t21-,22-,23+,25+,26-,27?,28+,29-,30+,32-,33-,34+,35?,36-,37-/m1/s1. The van der Waals surface area contributed by atoms with Crippen molar-refractivity contribution >= 4 is 5.97 Å². The zero-order valence-corrected chi connectivity index (χ0v) is 27.5. The van der Waals surface area contributed by atoms with E-state index >= 15 is 0 Å². The van der Waals surface area contributed by atoms with Gasteiger partial charge in [0, 0.05) is 18.3 Å². The molecule has 8 rings (SSSR count). The van der Waals surface area contributed by atoms with E-state index in [1.807, 2.05) is 19.9 Å². The molecule has 15 atom stereocenters. The van der Waals surface area contributed by atoms with Gasteiger partial charge in [-0.15, -0.1) is 0 Å². The van der Waals surface area contributed by atoms with Crippen LogP contribution < -0.4 is 0 Å². The van der Waals surface area contributed by atoms with Crippen LogP contribution in [-0.4, -0.2) is 80.7 Å². The van der Waals surface area contributed by atoms with Crippen molar-refractivity contribution < 1.29 is 43.8 Å². The van der Waals surface area contributed by atoms with E-state index in [0.29, 0.717) is 18.4 Å². The lowest BCUT2D eigenvalue weighted by atomic mass is 9.52. The van der Waals surface area contributed by atoms with Crippen LogP contribution >= 0.6 is 0 Å². The van der Waals surface area contributed by atoms with Gasteiger partial charge in [0.1, 0.15) is 41.2 Å². The van der Waals surface area contributed by atoms with E-state index in [-0.39, 0.29) is 23.7 Å². The minimum atomic E-state index is -2.00. The molecule has 252 valence electrons. The Morgan fingerprint density at radius 2 is 1.74 bits per heavy atom. The molecule has 9 nitrogen and oxygen atoms in total. The van der Waals surface area contributed by atoms with Crippen LogP contribution in [0.3, 0.4) is 0 Å². The Morgan fingerprint density at radius 3 is 2.46 bits per heavy atom. The number of hydrogen-bond acceptors (Lipinski definition) is 9. The average molecular weight is 639 g/mol. The van der Waals surface area contributed by atoms with Crippen molar-refractivity contribution in [2.45, 2.75) is 132 Å². The van der Waals surface area contributed by atoms with E-state index in [1.54, 1.807) is 24.3 Å². The quantitative estimate of drug-likeness (QED) is 0.248. The molecule has 3 aliphatic carbocycles. The van der Waals surface area contributed by atoms with Crippen molar-refractivity contribution in [2.24, 2.45) is 35.5 Å². The second kappa shape index (κ2) is 10.3. The summed E-state index contributed by atoms with van der Waals surface area (Å²) in [7, 11) is 0. The smallest absolute Gasteiger partial charge is 0.338 e. The third-order valence-corrected chi connectivity index (χ3v) is 13.6. The third-order valence-electron chi connectivity index (χ3n) is 13.6. The van der Waals surface area contributed by atoms with Crippen LogP contribution in [0.4, 0.5) is 0 Å². The number of hydrogen-bond donors (Lipinski definition) is 3. The highest BCUT2D eigenvalue weighted by Crippen LogP contribution is 2.75. The van der Waals surface area contributed by atoms with Crippen molar-refractivity contribution in [2.75, 3.05) is 6.61 Å². The molecular formula is C37H50O9. The monoisotopic (exact) mass is 638 g/mol. The Morgan fingerprint density at radius 1 is 1.02 bits per heavy atom. The lowest BCUT2D eigenvalue weighted by molar-refractivity contribution is -0.437. The van der Waals surface area contributed by atoms with Gasteiger partial charge in [0.15, 0.2) is 0 Å². The molecule has 3 N–H and O–H groups in total. The topological polar surface area (TPSA) is 127 Å². The van der Waals surface area contributed by atoms with Crippen LogP contribution in [0.5, 0.6) is 0 Å². The predicted octanol–water partition coefficient (Wildman–Crippen LogP) is 4.52. The second-order valence-electron chi connectivity index (χ2n) is 15.9. The van der Waals surface area contributed by atoms with Crippen LogP contribution in [-0.2, 0) is 23.7 Å². The number of aliphatic hydroxyl groups is 3. The summed E-state index contributed by atoms with van der Waals surface area (Å²) in [4.78, 5) is 13.7. The molecular weight excluding hydrogens is 588 g/mol. The Balaban J connectivity index is 1.36. The number of carbonyl (C=O) groups excluding carboxylic acids is 1. The molecule has 0 radical (unpaired) electrons. The maximum Gasteiger partial charge on any atom is 0.338 e. The minimum absolute atomic E-state index is 0.122. The number of carbonyl (C=O) groups is 1. The highest BCUT2D eigenvalue weighted by molar-refractivity contribution is 5.89. The van der Waals surface area contributed by atoms with Crippen molar-refractivity contribution in [1.82, 2.24) is 0 Å². The van der Waals surface area contributed by atoms with E-state index in [4.69, 9.17) is 23.7 Å². The molecule has 46 heavy (non-hydrogen) atoms. The van der Waals surface area contributed by atoms with Crippen LogP contribution in [0.1, 0.15) is 89.4 Å². The van der Waals surface area contributed by atoms with Crippen LogP contribution in [0, 0.1) is 35.5 Å². The zero-order chi connectivity index (χ0) is 32.4. The van der Waals surface area contributed by atoms with E-state index in [9.17, 15) is 20.1 Å². The first-order chi connectivity index (χ1) is 21.9. The van der Waals surface area contributed by atoms with Gasteiger partial charge in [-0.2, -0.15) is 0 Å². The Bertz CT molecular complexity index is 1400. The molecule has 4 aliphatic heterocycles. The maximum absolute atomic E-state index is 13.7. The van der Waals surface area contributed by atoms with Crippen molar-refractivity contribution in [1.29, 1.82) is 0 Å². The fourth-order valence-corrected chi connectivity index (χ4v) is 11.6. The molecule has 3 saturated carbocycles. The van der Waals surface area contributed by atoms with E-state index in [0.717, 1.165) is 44.1 Å². The van der Waals surface area contributed by atoms with Gasteiger partial charge in [-0.05, 0) is 61.1 Å². The molecule has 7 aliphatic rings. The Labute approximate surface area is 271 Å². The lowest BCUT2D eigenvalue weighted by Gasteiger charge is -2.61. The summed E-state index contributed by atoms with van der Waals surface area (Å²) in [5.74, 6) is -3.61. The predicted molar refractivity (Wildman–Crippen MR) is 166 cm³/mol. The number of aliphatic hydroxyl groups excluding tert-OH is 2. The first kappa shape index (κ1) is 31.4. The lowest BCUT2D eigenvalue weighted by Crippen LogP contribution is -2.73. The fraction of sp³-hybridized carbons (Fsp3) is 0.757. The SMILES string of the molecule is C=C(C)[C@]12C[C@@H](C)[C@]34OC5(CCCCCCC[C@@H](C)[C@@H]6C3[C@](O)([C@H](O)[C@@]3(CO)O[C@H]3[C@H]4[C@H]1O5)[C@@H](OC(=O)c1ccccc1)[C@H]6C)O2. The first-order valence-corrected chi connectivity index (χ1v) is 17.6. The van der Waals surface area contributed by atoms with Crippen molar-refractivity contribution in [3.05, 3.63) is 48.0 Å². The van der Waals surface area contributed by atoms with Gasteiger partial charge in [0.2, 0.25) is 0 Å². The number of fused-ring (bicyclic) bond motifs is 1. The largest absolute Gasteiger partial charge is 0.455 e. The number of benzene rings is 1. The summed E-state index contributed by atoms with van der Waals surface area (Å²) in [5.41, 5.74) is -4.16. The Hall–Kier alpha value is -1.85. The number of esters is 1. The van der Waals surface area contributed by atoms with Crippen LogP contribution in [0.2, 0.25) is 0 Å². The molecule has 4 saturated heterocycles. The normalized spacial score (nSPS) is 53.6. The van der Waals surface area contributed by atoms with Crippen molar-refractivity contribution in [3.63, 3.8) is 0 Å². The molecule has 0 amide bonds. The molecule has 2 spiro atoms. The number of rotatable bonds is 4. The molecule has 2 unspecified atom stereocenters. The highest BCUT2D eigenvalue weighted by atomic mass is 16.9. The van der Waals surface area contributed by atoms with Gasteiger partial charge in [0.05, 0.1) is 17.8 Å². The summed E-state index contributed by atoms with van der Waals surface area (Å²) >= 11 is 0. The van der Waals surface area contributed by atoms with Crippen LogP contribution in [0.25, 0.3) is 0 Å². The van der Waals surface area contributed by atoms with Crippen LogP contribution in [0.15, 0.2) is 42.5 Å². The van der Waals surface area contributed by atoms with Gasteiger partial charge in [-0.1, -0.05) is 77.7 Å². The highest BCUT2D eigenvalue weighted by Gasteiger charge is 2.90. The van der Waals surface area contributed by atoms with Crippen molar-refractivity contribution in [3.8, 4) is 0 Å². The molecule has 9 heteroatoms. The fourth-order valence-electron chi connectivity index (χ4n) is 11.6. The maximum atomic E-state index is 13.7. The van der Waals surface area contributed by atoms with E-state index in [1.165, 1.54) is 0 Å². The van der Waals surface area contributed by atoms with Gasteiger partial charge >= 0.3 is 5.97 Å². The zero-order valence-electron chi connectivity index (χ0n) is 27.5. The van der Waals surface area contributed by atoms with E-state index < -0.39 is 77.2 Å². The van der Waals surface area contributed by atoms with Gasteiger partial charge in [-0.3, -0.25) is 0 Å². The average Bonchev–Trinajstić information content (AvgIpc) is 3.67. The van der Waals surface area contributed by atoms with Gasteiger partial charge in [-0.25, -0.2) is 4.79 Å². The molecule has 7 fully saturated rings. The number of epoxide rings is 1. The van der Waals surface area contributed by atoms with E-state index in [2.05, 4.69) is 20.4 Å². The molecule has 1 aromatic rings. The minimum Gasteiger partial charge on any atom is -0.455 e. The summed E-state index contributed by atoms with van der Waals surface area (Å²) in [6.07, 6.45) is 3.37. The summed E-state index contributed by atoms with van der Waals surface area (Å²) < 4.78 is 34.2. The first-order valence-electron chi connectivity index (χ1n) is 17.6. The third kappa shape index (κ3) is 3.79. The summed E-state index contributed by atoms with van der Waals surface area (Å²) in [6.45, 7) is 12.3. The number of ether oxygens (including phenoxy) is 5. The second-order valence-corrected chi connectivity index (χ2v) is 15.9. The van der Waals surface area contributed by atoms with Gasteiger partial charge < -0.3 is 39.0 Å². The molecule has 1 aromatic carbocycles. The van der Waals surface area contributed by atoms with Gasteiger partial charge in [0.25, 0.3) is 5.97 Å². The molecule has 4 heterocycles. The summed E-state index contributed by atoms with van der Waals surface area (Å²) in [5, 5.41) is 37.0. The molecule has 3 bridgehead atoms.